The van der Waals surface area contributed by atoms with Crippen molar-refractivity contribution in [3.63, 3.8) is 0 Å². The van der Waals surface area contributed by atoms with Crippen LogP contribution >= 0.6 is 23.2 Å². The molecule has 0 bridgehead atoms. The van der Waals surface area contributed by atoms with Crippen LogP contribution in [-0.4, -0.2) is 55.8 Å². The normalized spacial score (nSPS) is 12.4. The van der Waals surface area contributed by atoms with E-state index in [4.69, 9.17) is 27.9 Å². The van der Waals surface area contributed by atoms with Crippen LogP contribution in [-0.2, 0) is 32.6 Å². The Morgan fingerprint density at radius 1 is 0.975 bits per heavy atom. The fourth-order valence-corrected chi connectivity index (χ4v) is 5.92. The smallest absolute Gasteiger partial charge is 0.324 e. The summed E-state index contributed by atoms with van der Waals surface area (Å²) in [5, 5.41) is 2.92. The number of methoxy groups -OCH3 is 1. The Balaban J connectivity index is 1.71. The average molecular weight is 608 g/mol. The number of anilines is 1. The molecule has 1 heterocycles. The Bertz CT molecular complexity index is 1380. The number of ether oxygens (including phenoxy) is 1. The Morgan fingerprint density at radius 2 is 1.60 bits per heavy atom. The highest BCUT2D eigenvalue weighted by Gasteiger charge is 2.30. The van der Waals surface area contributed by atoms with Gasteiger partial charge in [0.25, 0.3) is 16.1 Å². The molecule has 3 rings (SSSR count). The van der Waals surface area contributed by atoms with E-state index in [1.54, 1.807) is 24.3 Å². The molecule has 0 saturated heterocycles. The number of carbonyl (C=O) groups excluding carboxylic acids is 2. The van der Waals surface area contributed by atoms with Crippen LogP contribution in [0, 0.1) is 5.92 Å². The number of esters is 1. The van der Waals surface area contributed by atoms with Gasteiger partial charge in [-0.15, -0.1) is 0 Å². The number of amides is 1. The van der Waals surface area contributed by atoms with Crippen LogP contribution < -0.4 is 10.0 Å². The van der Waals surface area contributed by atoms with Crippen molar-refractivity contribution in [3.05, 3.63) is 93.7 Å². The zero-order valence-electron chi connectivity index (χ0n) is 22.4. The van der Waals surface area contributed by atoms with Crippen molar-refractivity contribution < 1.29 is 22.7 Å². The van der Waals surface area contributed by atoms with E-state index >= 15 is 0 Å². The van der Waals surface area contributed by atoms with Crippen LogP contribution in [0.25, 0.3) is 0 Å². The molecule has 0 spiro atoms. The van der Waals surface area contributed by atoms with Gasteiger partial charge in [-0.25, -0.2) is 4.98 Å². The lowest BCUT2D eigenvalue weighted by Crippen LogP contribution is -2.50. The third-order valence-electron chi connectivity index (χ3n) is 5.85. The van der Waals surface area contributed by atoms with Gasteiger partial charge in [-0.1, -0.05) is 79.5 Å². The molecule has 0 saturated carbocycles. The third kappa shape index (κ3) is 9.57. The number of hydrogen-bond acceptors (Lipinski definition) is 6. The molecule has 9 nitrogen and oxygen atoms in total. The van der Waals surface area contributed by atoms with E-state index < -0.39 is 28.1 Å². The standard InChI is InChI=1S/C28H32Cl2N4O5S/c1-19(2)18-34(14-13-20-7-5-4-6-8-20)40(37,38)33-24(28(36)39-3)15-21-9-11-23(12-10-21)31-27(35)22-16-25(29)32-26(30)17-22/h4-12,16-17,19,24,33H,13-15,18H2,1-3H3,(H,31,35). The number of carbonyl (C=O) groups is 2. The molecule has 214 valence electrons. The molecule has 2 aromatic carbocycles. The van der Waals surface area contributed by atoms with Crippen molar-refractivity contribution in [1.82, 2.24) is 14.0 Å². The van der Waals surface area contributed by atoms with E-state index in [0.29, 0.717) is 24.2 Å². The molecule has 3 aromatic rings. The Morgan fingerprint density at radius 3 is 2.17 bits per heavy atom. The van der Waals surface area contributed by atoms with Crippen LogP contribution in [0.4, 0.5) is 5.69 Å². The maximum Gasteiger partial charge on any atom is 0.324 e. The lowest BCUT2D eigenvalue weighted by atomic mass is 10.1. The lowest BCUT2D eigenvalue weighted by Gasteiger charge is -2.26. The Labute approximate surface area is 245 Å². The van der Waals surface area contributed by atoms with E-state index in [1.807, 2.05) is 44.2 Å². The molecular formula is C28H32Cl2N4O5S. The second-order valence-electron chi connectivity index (χ2n) is 9.54. The molecule has 40 heavy (non-hydrogen) atoms. The Hall–Kier alpha value is -3.02. The number of nitrogens with one attached hydrogen (secondary N) is 2. The highest BCUT2D eigenvalue weighted by molar-refractivity contribution is 7.87. The van der Waals surface area contributed by atoms with Crippen LogP contribution in [0.15, 0.2) is 66.7 Å². The first-order valence-electron chi connectivity index (χ1n) is 12.6. The van der Waals surface area contributed by atoms with Crippen molar-refractivity contribution in [1.29, 1.82) is 0 Å². The quantitative estimate of drug-likeness (QED) is 0.214. The molecule has 1 amide bonds. The van der Waals surface area contributed by atoms with E-state index in [-0.39, 0.29) is 34.8 Å². The van der Waals surface area contributed by atoms with Gasteiger partial charge in [0.2, 0.25) is 0 Å². The summed E-state index contributed by atoms with van der Waals surface area (Å²) in [6, 6.07) is 17.9. The van der Waals surface area contributed by atoms with Gasteiger partial charge in [0, 0.05) is 24.3 Å². The van der Waals surface area contributed by atoms with Crippen molar-refractivity contribution in [2.75, 3.05) is 25.5 Å². The van der Waals surface area contributed by atoms with Crippen molar-refractivity contribution in [3.8, 4) is 0 Å². The van der Waals surface area contributed by atoms with Crippen LogP contribution in [0.3, 0.4) is 0 Å². The first-order valence-corrected chi connectivity index (χ1v) is 14.8. The van der Waals surface area contributed by atoms with Gasteiger partial charge >= 0.3 is 5.97 Å². The number of nitrogens with zero attached hydrogens (tertiary/aromatic N) is 2. The fourth-order valence-electron chi connectivity index (χ4n) is 3.94. The average Bonchev–Trinajstić information content (AvgIpc) is 2.91. The van der Waals surface area contributed by atoms with E-state index in [9.17, 15) is 18.0 Å². The minimum atomic E-state index is -4.02. The third-order valence-corrected chi connectivity index (χ3v) is 7.84. The number of rotatable bonds is 13. The number of benzene rings is 2. The minimum absolute atomic E-state index is 0.0455. The van der Waals surface area contributed by atoms with Gasteiger partial charge in [0.15, 0.2) is 0 Å². The largest absolute Gasteiger partial charge is 0.468 e. The van der Waals surface area contributed by atoms with Crippen molar-refractivity contribution in [2.24, 2.45) is 5.92 Å². The summed E-state index contributed by atoms with van der Waals surface area (Å²) >= 11 is 11.7. The monoisotopic (exact) mass is 606 g/mol. The summed E-state index contributed by atoms with van der Waals surface area (Å²) in [4.78, 5) is 29.0. The number of pyridine rings is 1. The first kappa shape index (κ1) is 31.5. The predicted octanol–water partition coefficient (Wildman–Crippen LogP) is 4.76. The molecule has 0 fully saturated rings. The predicted molar refractivity (Wildman–Crippen MR) is 157 cm³/mol. The van der Waals surface area contributed by atoms with Crippen molar-refractivity contribution >= 4 is 51.0 Å². The molecule has 12 heteroatoms. The van der Waals surface area contributed by atoms with Crippen molar-refractivity contribution in [2.45, 2.75) is 32.7 Å². The Kier molecular flexibility index (Phi) is 11.5. The second kappa shape index (κ2) is 14.6. The summed E-state index contributed by atoms with van der Waals surface area (Å²) in [6.45, 7) is 4.41. The van der Waals surface area contributed by atoms with Gasteiger partial charge in [-0.05, 0) is 54.2 Å². The fraction of sp³-hybridized carbons (Fsp3) is 0.321. The van der Waals surface area contributed by atoms with Gasteiger partial charge < -0.3 is 10.1 Å². The molecule has 1 aromatic heterocycles. The molecule has 2 N–H and O–H groups in total. The van der Waals surface area contributed by atoms with Crippen LogP contribution in [0.1, 0.15) is 35.3 Å². The van der Waals surface area contributed by atoms with E-state index in [1.165, 1.54) is 23.5 Å². The van der Waals surface area contributed by atoms with E-state index in [0.717, 1.165) is 5.56 Å². The number of hydrogen-bond donors (Lipinski definition) is 2. The van der Waals surface area contributed by atoms with Gasteiger partial charge in [0.1, 0.15) is 16.3 Å². The SMILES string of the molecule is COC(=O)C(Cc1ccc(NC(=O)c2cc(Cl)nc(Cl)c2)cc1)NS(=O)(=O)N(CCc1ccccc1)CC(C)C. The highest BCUT2D eigenvalue weighted by Crippen LogP contribution is 2.18. The lowest BCUT2D eigenvalue weighted by molar-refractivity contribution is -0.142. The summed E-state index contributed by atoms with van der Waals surface area (Å²) in [5.74, 6) is -1.06. The molecule has 0 aliphatic rings. The summed E-state index contributed by atoms with van der Waals surface area (Å²) < 4.78 is 35.6. The maximum atomic E-state index is 13.4. The van der Waals surface area contributed by atoms with Crippen LogP contribution in [0.2, 0.25) is 10.3 Å². The second-order valence-corrected chi connectivity index (χ2v) is 12.0. The maximum absolute atomic E-state index is 13.4. The molecule has 1 atom stereocenters. The molecule has 0 aliphatic heterocycles. The molecule has 0 radical (unpaired) electrons. The van der Waals surface area contributed by atoms with Crippen LogP contribution in [0.5, 0.6) is 0 Å². The van der Waals surface area contributed by atoms with Gasteiger partial charge in [-0.3, -0.25) is 9.59 Å². The molecular weight excluding hydrogens is 575 g/mol. The van der Waals surface area contributed by atoms with E-state index in [2.05, 4.69) is 15.0 Å². The van der Waals surface area contributed by atoms with Gasteiger partial charge in [-0.2, -0.15) is 17.4 Å². The summed E-state index contributed by atoms with van der Waals surface area (Å²) in [7, 11) is -2.82. The minimum Gasteiger partial charge on any atom is -0.468 e. The first-order chi connectivity index (χ1) is 19.0. The number of aromatic nitrogens is 1. The zero-order valence-corrected chi connectivity index (χ0v) is 24.8. The van der Waals surface area contributed by atoms with Gasteiger partial charge in [0.05, 0.1) is 7.11 Å². The molecule has 0 aliphatic carbocycles. The summed E-state index contributed by atoms with van der Waals surface area (Å²) in [5.41, 5.74) is 2.40. The number of halogens is 2. The molecule has 1 unspecified atom stereocenters. The topological polar surface area (TPSA) is 118 Å². The highest BCUT2D eigenvalue weighted by atomic mass is 35.5. The summed E-state index contributed by atoms with van der Waals surface area (Å²) in [6.07, 6.45) is 0.576. The zero-order chi connectivity index (χ0) is 29.3.